The number of ether oxygens (including phenoxy) is 1. The summed E-state index contributed by atoms with van der Waals surface area (Å²) < 4.78 is 5.57. The van der Waals surface area contributed by atoms with Gasteiger partial charge in [0.15, 0.2) is 0 Å². The molecule has 0 spiro atoms. The van der Waals surface area contributed by atoms with Crippen molar-refractivity contribution in [3.63, 3.8) is 0 Å². The highest BCUT2D eigenvalue weighted by Crippen LogP contribution is 2.44. The largest absolute Gasteiger partial charge is 0.449 e. The molecule has 1 N–H and O–H groups in total. The normalized spacial score (nSPS) is 12.7. The zero-order valence-corrected chi connectivity index (χ0v) is 18.1. The van der Waals surface area contributed by atoms with E-state index >= 15 is 0 Å². The van der Waals surface area contributed by atoms with Gasteiger partial charge in [-0.3, -0.25) is 0 Å². The summed E-state index contributed by atoms with van der Waals surface area (Å²) >= 11 is 1.74. The molecule has 3 nitrogen and oxygen atoms in total. The minimum Gasteiger partial charge on any atom is -0.449 e. The Balaban J connectivity index is 1.30. The minimum atomic E-state index is -0.376. The Hall–Kier alpha value is -2.85. The number of nitrogens with one attached hydrogen (secondary N) is 1. The smallest absolute Gasteiger partial charge is 0.407 e. The van der Waals surface area contributed by atoms with E-state index in [1.165, 1.54) is 45.5 Å². The number of unbranched alkanes of at least 4 members (excludes halogenated alkanes) is 1. The topological polar surface area (TPSA) is 38.3 Å². The Kier molecular flexibility index (Phi) is 6.65. The lowest BCUT2D eigenvalue weighted by Gasteiger charge is -2.14. The quantitative estimate of drug-likeness (QED) is 0.446. The number of rotatable bonds is 8. The van der Waals surface area contributed by atoms with Crippen molar-refractivity contribution < 1.29 is 9.53 Å². The van der Waals surface area contributed by atoms with Crippen molar-refractivity contribution in [1.29, 1.82) is 0 Å². The number of amides is 1. The minimum absolute atomic E-state index is 0.0888. The van der Waals surface area contributed by atoms with Crippen molar-refractivity contribution in [3.8, 4) is 11.1 Å². The van der Waals surface area contributed by atoms with Crippen molar-refractivity contribution in [2.75, 3.05) is 13.2 Å². The number of benzene rings is 2. The van der Waals surface area contributed by atoms with E-state index in [-0.39, 0.29) is 12.0 Å². The second-order valence-corrected chi connectivity index (χ2v) is 8.47. The fourth-order valence-electron chi connectivity index (χ4n) is 4.03. The van der Waals surface area contributed by atoms with E-state index in [0.717, 1.165) is 6.42 Å². The molecule has 1 aliphatic carbocycles. The van der Waals surface area contributed by atoms with Crippen molar-refractivity contribution >= 4 is 23.5 Å². The van der Waals surface area contributed by atoms with Crippen LogP contribution in [0.5, 0.6) is 0 Å². The molecule has 4 heteroatoms. The van der Waals surface area contributed by atoms with E-state index in [9.17, 15) is 4.79 Å². The summed E-state index contributed by atoms with van der Waals surface area (Å²) in [5, 5.41) is 4.96. The molecule has 0 aliphatic heterocycles. The van der Waals surface area contributed by atoms with E-state index in [1.807, 2.05) is 18.2 Å². The molecule has 0 bridgehead atoms. The summed E-state index contributed by atoms with van der Waals surface area (Å²) in [6, 6.07) is 18.9. The lowest BCUT2D eigenvalue weighted by molar-refractivity contribution is 0.144. The van der Waals surface area contributed by atoms with E-state index in [1.54, 1.807) is 11.3 Å². The third-order valence-electron chi connectivity index (χ3n) is 5.56. The van der Waals surface area contributed by atoms with E-state index in [4.69, 9.17) is 4.74 Å². The third-order valence-corrected chi connectivity index (χ3v) is 6.48. The number of fused-ring (bicyclic) bond motifs is 3. The predicted molar refractivity (Wildman–Crippen MR) is 125 cm³/mol. The molecule has 1 heterocycles. The summed E-state index contributed by atoms with van der Waals surface area (Å²) in [5.41, 5.74) is 6.31. The number of alkyl carbamates (subject to hydrolysis) is 1. The second-order valence-electron chi connectivity index (χ2n) is 7.52. The molecular formula is C26H27NO2S. The average molecular weight is 418 g/mol. The third kappa shape index (κ3) is 4.49. The molecule has 0 unspecified atom stereocenters. The number of carbonyl (C=O) groups is 1. The standard InChI is InChI=1S/C26H27NO2S/c1-2-3-9-19-15-17-30-25(19)14-8-16-27-26(28)29-18-24-22-12-6-4-10-20(22)21-11-5-7-13-23(21)24/h4-8,10-15,17,24H,2-3,9,16,18H2,1H3,(H,27,28). The molecule has 1 aromatic heterocycles. The molecule has 0 saturated heterocycles. The van der Waals surface area contributed by atoms with Crippen LogP contribution in [0.25, 0.3) is 17.2 Å². The van der Waals surface area contributed by atoms with Gasteiger partial charge in [-0.15, -0.1) is 11.3 Å². The fourth-order valence-corrected chi connectivity index (χ4v) is 4.90. The molecule has 0 radical (unpaired) electrons. The highest BCUT2D eigenvalue weighted by atomic mass is 32.1. The van der Waals surface area contributed by atoms with Crippen molar-refractivity contribution in [2.45, 2.75) is 32.1 Å². The second kappa shape index (κ2) is 9.77. The number of hydrogen-bond donors (Lipinski definition) is 1. The lowest BCUT2D eigenvalue weighted by atomic mass is 9.98. The van der Waals surface area contributed by atoms with Gasteiger partial charge in [-0.2, -0.15) is 0 Å². The number of hydrogen-bond acceptors (Lipinski definition) is 3. The van der Waals surface area contributed by atoms with Gasteiger partial charge in [-0.25, -0.2) is 4.79 Å². The Morgan fingerprint density at radius 1 is 1.07 bits per heavy atom. The van der Waals surface area contributed by atoms with Crippen LogP contribution < -0.4 is 5.32 Å². The molecule has 2 aromatic carbocycles. The Labute approximate surface area is 182 Å². The number of aryl methyl sites for hydroxylation is 1. The van der Waals surface area contributed by atoms with Gasteiger partial charge in [0.1, 0.15) is 6.61 Å². The van der Waals surface area contributed by atoms with Crippen molar-refractivity contribution in [1.82, 2.24) is 5.32 Å². The molecule has 30 heavy (non-hydrogen) atoms. The first-order valence-electron chi connectivity index (χ1n) is 10.6. The van der Waals surface area contributed by atoms with Gasteiger partial charge in [0, 0.05) is 17.3 Å². The van der Waals surface area contributed by atoms with E-state index in [2.05, 4.69) is 66.2 Å². The van der Waals surface area contributed by atoms with Crippen LogP contribution in [-0.2, 0) is 11.2 Å². The van der Waals surface area contributed by atoms with Gasteiger partial charge in [0.2, 0.25) is 0 Å². The zero-order valence-electron chi connectivity index (χ0n) is 17.3. The molecule has 3 aromatic rings. The highest BCUT2D eigenvalue weighted by Gasteiger charge is 2.28. The molecule has 4 rings (SSSR count). The van der Waals surface area contributed by atoms with Crippen LogP contribution in [0.2, 0.25) is 0 Å². The van der Waals surface area contributed by atoms with E-state index in [0.29, 0.717) is 13.2 Å². The monoisotopic (exact) mass is 417 g/mol. The predicted octanol–water partition coefficient (Wildman–Crippen LogP) is 6.64. The summed E-state index contributed by atoms with van der Waals surface area (Å²) in [4.78, 5) is 13.5. The molecule has 1 aliphatic rings. The summed E-state index contributed by atoms with van der Waals surface area (Å²) in [5.74, 6) is 0.0888. The van der Waals surface area contributed by atoms with Gasteiger partial charge >= 0.3 is 6.09 Å². The maximum absolute atomic E-state index is 12.2. The fraction of sp³-hybridized carbons (Fsp3) is 0.269. The first-order valence-corrected chi connectivity index (χ1v) is 11.5. The van der Waals surface area contributed by atoms with Crippen LogP contribution in [0.4, 0.5) is 4.79 Å². The molecule has 0 saturated carbocycles. The molecule has 154 valence electrons. The molecule has 0 atom stereocenters. The number of carbonyl (C=O) groups excluding carboxylic acids is 1. The van der Waals surface area contributed by atoms with Crippen LogP contribution in [0.1, 0.15) is 47.3 Å². The van der Waals surface area contributed by atoms with Gasteiger partial charge in [0.25, 0.3) is 0 Å². The first-order chi connectivity index (χ1) is 14.8. The maximum Gasteiger partial charge on any atom is 0.407 e. The Bertz CT molecular complexity index is 991. The Morgan fingerprint density at radius 3 is 2.47 bits per heavy atom. The Morgan fingerprint density at radius 2 is 1.77 bits per heavy atom. The summed E-state index contributed by atoms with van der Waals surface area (Å²) in [7, 11) is 0. The zero-order chi connectivity index (χ0) is 20.8. The van der Waals surface area contributed by atoms with Crippen LogP contribution in [0, 0.1) is 0 Å². The molecule has 0 fully saturated rings. The highest BCUT2D eigenvalue weighted by molar-refractivity contribution is 7.11. The maximum atomic E-state index is 12.2. The van der Waals surface area contributed by atoms with Gasteiger partial charge < -0.3 is 10.1 Å². The van der Waals surface area contributed by atoms with Gasteiger partial charge in [-0.1, -0.05) is 68.0 Å². The SMILES string of the molecule is CCCCc1ccsc1C=CCNC(=O)OCC1c2ccccc2-c2ccccc21. The van der Waals surface area contributed by atoms with E-state index < -0.39 is 0 Å². The summed E-state index contributed by atoms with van der Waals surface area (Å²) in [6.45, 7) is 3.01. The van der Waals surface area contributed by atoms with Crippen LogP contribution in [-0.4, -0.2) is 19.2 Å². The van der Waals surface area contributed by atoms with Crippen LogP contribution in [0.3, 0.4) is 0 Å². The van der Waals surface area contributed by atoms with Crippen LogP contribution in [0.15, 0.2) is 66.1 Å². The lowest BCUT2D eigenvalue weighted by Crippen LogP contribution is -2.26. The summed E-state index contributed by atoms with van der Waals surface area (Å²) in [6.07, 6.45) is 7.22. The van der Waals surface area contributed by atoms with Crippen LogP contribution >= 0.6 is 11.3 Å². The first kappa shape index (κ1) is 20.4. The average Bonchev–Trinajstić information content (AvgIpc) is 3.36. The van der Waals surface area contributed by atoms with Gasteiger partial charge in [-0.05, 0) is 58.2 Å². The molecule has 1 amide bonds. The molecular weight excluding hydrogens is 390 g/mol. The van der Waals surface area contributed by atoms with Crippen molar-refractivity contribution in [3.05, 3.63) is 87.6 Å². The van der Waals surface area contributed by atoms with Crippen molar-refractivity contribution in [2.24, 2.45) is 0 Å². The number of thiophene rings is 1. The van der Waals surface area contributed by atoms with Gasteiger partial charge in [0.05, 0.1) is 0 Å².